The monoisotopic (exact) mass is 427 g/mol. The summed E-state index contributed by atoms with van der Waals surface area (Å²) in [4.78, 5) is 29.8. The molecule has 3 amide bonds. The van der Waals surface area contributed by atoms with E-state index in [0.717, 1.165) is 43.5 Å². The number of benzene rings is 1. The molecule has 2 aliphatic heterocycles. The van der Waals surface area contributed by atoms with Gasteiger partial charge in [-0.2, -0.15) is 0 Å². The number of rotatable bonds is 8. The summed E-state index contributed by atoms with van der Waals surface area (Å²) in [6.45, 7) is 3.94. The number of hydrogen-bond donors (Lipinski definition) is 1. The van der Waals surface area contributed by atoms with Crippen molar-refractivity contribution in [2.45, 2.75) is 51.4 Å². The van der Waals surface area contributed by atoms with E-state index in [1.54, 1.807) is 11.3 Å². The van der Waals surface area contributed by atoms with E-state index in [1.807, 2.05) is 39.4 Å². The maximum atomic E-state index is 12.9. The van der Waals surface area contributed by atoms with E-state index in [1.165, 1.54) is 4.88 Å². The molecule has 3 heterocycles. The number of carbonyl (C=O) groups is 2. The third kappa shape index (κ3) is 5.61. The van der Waals surface area contributed by atoms with Gasteiger partial charge >= 0.3 is 6.03 Å². The van der Waals surface area contributed by atoms with Gasteiger partial charge in [0, 0.05) is 44.1 Å². The zero-order chi connectivity index (χ0) is 20.8. The first-order valence-corrected chi connectivity index (χ1v) is 11.6. The van der Waals surface area contributed by atoms with Crippen LogP contribution >= 0.6 is 11.3 Å². The molecule has 4 rings (SSSR count). The van der Waals surface area contributed by atoms with Gasteiger partial charge in [0.1, 0.15) is 0 Å². The van der Waals surface area contributed by atoms with Crippen molar-refractivity contribution in [3.8, 4) is 0 Å². The number of thiophene rings is 1. The summed E-state index contributed by atoms with van der Waals surface area (Å²) in [6, 6.07) is 12.1. The number of nitrogens with zero attached hydrogens (tertiary/aromatic N) is 2. The minimum Gasteiger partial charge on any atom is -0.376 e. The first kappa shape index (κ1) is 20.9. The fourth-order valence-corrected chi connectivity index (χ4v) is 4.78. The van der Waals surface area contributed by atoms with Gasteiger partial charge in [0.15, 0.2) is 0 Å². The first-order valence-electron chi connectivity index (χ1n) is 10.7. The van der Waals surface area contributed by atoms with Crippen LogP contribution < -0.4 is 5.32 Å². The van der Waals surface area contributed by atoms with Crippen molar-refractivity contribution < 1.29 is 14.3 Å². The van der Waals surface area contributed by atoms with E-state index in [0.29, 0.717) is 32.6 Å². The van der Waals surface area contributed by atoms with Crippen LogP contribution in [0.3, 0.4) is 0 Å². The number of nitrogens with one attached hydrogen (secondary N) is 1. The number of amides is 3. The highest BCUT2D eigenvalue weighted by atomic mass is 32.1. The van der Waals surface area contributed by atoms with Crippen LogP contribution in [0.15, 0.2) is 41.8 Å². The summed E-state index contributed by atoms with van der Waals surface area (Å²) in [5, 5.41) is 5.11. The third-order valence-corrected chi connectivity index (χ3v) is 6.50. The molecule has 0 bridgehead atoms. The summed E-state index contributed by atoms with van der Waals surface area (Å²) in [6.07, 6.45) is 3.79. The van der Waals surface area contributed by atoms with Crippen LogP contribution in [0.5, 0.6) is 0 Å². The fourth-order valence-electron chi connectivity index (χ4n) is 4.06. The number of hydrogen-bond acceptors (Lipinski definition) is 4. The van der Waals surface area contributed by atoms with Gasteiger partial charge in [-0.1, -0.05) is 30.3 Å². The van der Waals surface area contributed by atoms with E-state index in [4.69, 9.17) is 4.74 Å². The first-order chi connectivity index (χ1) is 14.7. The smallest absolute Gasteiger partial charge is 0.318 e. The summed E-state index contributed by atoms with van der Waals surface area (Å²) < 4.78 is 5.75. The highest BCUT2D eigenvalue weighted by molar-refractivity contribution is 7.09. The largest absolute Gasteiger partial charge is 0.376 e. The average molecular weight is 428 g/mol. The molecule has 30 heavy (non-hydrogen) atoms. The molecule has 1 aromatic heterocycles. The van der Waals surface area contributed by atoms with Crippen LogP contribution in [0, 0.1) is 0 Å². The molecule has 0 radical (unpaired) electrons. The van der Waals surface area contributed by atoms with Crippen LogP contribution in [0.25, 0.3) is 0 Å². The number of urea groups is 1. The number of ether oxygens (including phenoxy) is 1. The molecule has 2 saturated heterocycles. The van der Waals surface area contributed by atoms with Gasteiger partial charge in [-0.3, -0.25) is 4.79 Å². The predicted molar refractivity (Wildman–Crippen MR) is 117 cm³/mol. The lowest BCUT2D eigenvalue weighted by atomic mass is 10.1. The molecule has 2 aromatic rings. The second kappa shape index (κ2) is 10.1. The maximum Gasteiger partial charge on any atom is 0.318 e. The molecule has 160 valence electrons. The van der Waals surface area contributed by atoms with Crippen molar-refractivity contribution in [2.75, 3.05) is 19.7 Å². The lowest BCUT2D eigenvalue weighted by Crippen LogP contribution is -2.42. The van der Waals surface area contributed by atoms with Gasteiger partial charge in [-0.15, -0.1) is 11.3 Å². The SMILES string of the molecule is O=C1CCCN1Cc1cccc(CNC(=O)N(Cc2cccs2)CC2CCCO2)c1. The molecular weight excluding hydrogens is 398 g/mol. The van der Waals surface area contributed by atoms with E-state index in [2.05, 4.69) is 17.4 Å². The summed E-state index contributed by atoms with van der Waals surface area (Å²) in [5.41, 5.74) is 2.15. The molecule has 1 atom stereocenters. The number of likely N-dealkylation sites (tertiary alicyclic amines) is 1. The summed E-state index contributed by atoms with van der Waals surface area (Å²) in [5.74, 6) is 0.229. The second-order valence-corrected chi connectivity index (χ2v) is 9.02. The van der Waals surface area contributed by atoms with Crippen molar-refractivity contribution in [3.05, 3.63) is 57.8 Å². The van der Waals surface area contributed by atoms with E-state index < -0.39 is 0 Å². The quantitative estimate of drug-likeness (QED) is 0.698. The Kier molecular flexibility index (Phi) is 7.02. The van der Waals surface area contributed by atoms with Gasteiger partial charge in [0.05, 0.1) is 12.6 Å². The fraction of sp³-hybridized carbons (Fsp3) is 0.478. The lowest BCUT2D eigenvalue weighted by Gasteiger charge is -2.25. The Bertz CT molecular complexity index is 849. The predicted octanol–water partition coefficient (Wildman–Crippen LogP) is 3.76. The lowest BCUT2D eigenvalue weighted by molar-refractivity contribution is -0.128. The van der Waals surface area contributed by atoms with Crippen LogP contribution in [0.1, 0.15) is 41.7 Å². The van der Waals surface area contributed by atoms with Gasteiger partial charge < -0.3 is 19.9 Å². The van der Waals surface area contributed by atoms with E-state index in [-0.39, 0.29) is 18.0 Å². The van der Waals surface area contributed by atoms with Crippen molar-refractivity contribution >= 4 is 23.3 Å². The molecular formula is C23H29N3O3S. The molecule has 0 spiro atoms. The van der Waals surface area contributed by atoms with Crippen molar-refractivity contribution in [1.29, 1.82) is 0 Å². The molecule has 1 aromatic carbocycles. The minimum absolute atomic E-state index is 0.0703. The normalized spacial score (nSPS) is 18.7. The Hall–Kier alpha value is -2.38. The molecule has 6 nitrogen and oxygen atoms in total. The van der Waals surface area contributed by atoms with Crippen LogP contribution in [0.4, 0.5) is 4.79 Å². The maximum absolute atomic E-state index is 12.9. The Balaban J connectivity index is 1.35. The van der Waals surface area contributed by atoms with Gasteiger partial charge in [-0.25, -0.2) is 4.79 Å². The second-order valence-electron chi connectivity index (χ2n) is 7.99. The Morgan fingerprint density at radius 3 is 2.87 bits per heavy atom. The zero-order valence-corrected chi connectivity index (χ0v) is 18.0. The van der Waals surface area contributed by atoms with Crippen LogP contribution in [-0.4, -0.2) is 47.5 Å². The standard InChI is InChI=1S/C23H29N3O3S/c27-22-9-2-10-25(22)15-19-6-1-5-18(13-19)14-24-23(28)26(16-20-7-3-11-29-20)17-21-8-4-12-30-21/h1,4-6,8,12-13,20H,2-3,7,9-11,14-17H2,(H,24,28). The van der Waals surface area contributed by atoms with E-state index in [9.17, 15) is 9.59 Å². The molecule has 7 heteroatoms. The van der Waals surface area contributed by atoms with Crippen molar-refractivity contribution in [1.82, 2.24) is 15.1 Å². The minimum atomic E-state index is -0.0703. The molecule has 2 aliphatic rings. The van der Waals surface area contributed by atoms with Crippen molar-refractivity contribution in [2.24, 2.45) is 0 Å². The summed E-state index contributed by atoms with van der Waals surface area (Å²) >= 11 is 1.66. The molecule has 2 fully saturated rings. The number of carbonyl (C=O) groups excluding carboxylic acids is 2. The summed E-state index contributed by atoms with van der Waals surface area (Å²) in [7, 11) is 0. The molecule has 0 aliphatic carbocycles. The van der Waals surface area contributed by atoms with Gasteiger partial charge in [-0.05, 0) is 41.8 Å². The van der Waals surface area contributed by atoms with Gasteiger partial charge in [0.2, 0.25) is 5.91 Å². The Morgan fingerprint density at radius 1 is 1.23 bits per heavy atom. The zero-order valence-electron chi connectivity index (χ0n) is 17.2. The molecule has 1 unspecified atom stereocenters. The van der Waals surface area contributed by atoms with E-state index >= 15 is 0 Å². The third-order valence-electron chi connectivity index (χ3n) is 5.64. The topological polar surface area (TPSA) is 61.9 Å². The average Bonchev–Trinajstić information content (AvgIpc) is 3.51. The Labute approximate surface area is 181 Å². The molecule has 0 saturated carbocycles. The van der Waals surface area contributed by atoms with Crippen LogP contribution in [-0.2, 0) is 29.2 Å². The van der Waals surface area contributed by atoms with Crippen LogP contribution in [0.2, 0.25) is 0 Å². The highest BCUT2D eigenvalue weighted by Crippen LogP contribution is 2.18. The Morgan fingerprint density at radius 2 is 2.13 bits per heavy atom. The highest BCUT2D eigenvalue weighted by Gasteiger charge is 2.23. The molecule has 1 N–H and O–H groups in total. The van der Waals surface area contributed by atoms with Crippen molar-refractivity contribution in [3.63, 3.8) is 0 Å². The van der Waals surface area contributed by atoms with Gasteiger partial charge in [0.25, 0.3) is 0 Å².